The maximum atomic E-state index is 13.0. The average Bonchev–Trinajstić information content (AvgIpc) is 2.60. The van der Waals surface area contributed by atoms with Gasteiger partial charge >= 0.3 is 11.8 Å². The van der Waals surface area contributed by atoms with E-state index >= 15 is 0 Å². The van der Waals surface area contributed by atoms with E-state index in [1.54, 1.807) is 13.0 Å². The Kier molecular flexibility index (Phi) is 5.98. The number of ether oxygens (including phenoxy) is 1. The Morgan fingerprint density at radius 2 is 1.83 bits per heavy atom. The van der Waals surface area contributed by atoms with Crippen LogP contribution >= 0.6 is 11.6 Å². The van der Waals surface area contributed by atoms with Crippen LogP contribution in [0.1, 0.15) is 24.2 Å². The molecule has 0 amide bonds. The molecule has 11 heteroatoms. The Bertz CT molecular complexity index is 1060. The number of piperidine rings is 1. The summed E-state index contributed by atoms with van der Waals surface area (Å²) >= 11 is 5.56. The van der Waals surface area contributed by atoms with Gasteiger partial charge in [0.2, 0.25) is 10.0 Å². The van der Waals surface area contributed by atoms with E-state index in [1.165, 1.54) is 6.07 Å². The summed E-state index contributed by atoms with van der Waals surface area (Å²) in [5.74, 6) is 0.711. The molecule has 0 N–H and O–H groups in total. The van der Waals surface area contributed by atoms with Gasteiger partial charge in [0, 0.05) is 19.2 Å². The van der Waals surface area contributed by atoms with Crippen molar-refractivity contribution in [3.8, 4) is 5.75 Å². The van der Waals surface area contributed by atoms with Crippen LogP contribution < -0.4 is 10.4 Å². The quantitative estimate of drug-likeness (QED) is 0.705. The molecule has 1 saturated heterocycles. The SMILES string of the molecule is Cc1cc(OC2CCN(S(=O)(=O)c3ccc(Cl)c(C(F)(F)F)c3)CC2)cc(=O)o1. The van der Waals surface area contributed by atoms with Gasteiger partial charge in [-0.15, -0.1) is 0 Å². The largest absolute Gasteiger partial charge is 0.490 e. The van der Waals surface area contributed by atoms with E-state index in [4.69, 9.17) is 20.8 Å². The highest BCUT2D eigenvalue weighted by atomic mass is 35.5. The molecule has 0 radical (unpaired) electrons. The van der Waals surface area contributed by atoms with E-state index in [2.05, 4.69) is 0 Å². The predicted octanol–water partition coefficient (Wildman–Crippen LogP) is 3.85. The second kappa shape index (κ2) is 8.00. The summed E-state index contributed by atoms with van der Waals surface area (Å²) < 4.78 is 76.3. The molecule has 1 aliphatic heterocycles. The second-order valence-corrected chi connectivity index (χ2v) is 8.93. The third-order valence-corrected chi connectivity index (χ3v) is 6.68. The molecule has 0 aliphatic carbocycles. The maximum absolute atomic E-state index is 13.0. The van der Waals surface area contributed by atoms with E-state index in [0.717, 1.165) is 16.4 Å². The first-order valence-electron chi connectivity index (χ1n) is 8.62. The van der Waals surface area contributed by atoms with Crippen molar-refractivity contribution in [2.75, 3.05) is 13.1 Å². The lowest BCUT2D eigenvalue weighted by Crippen LogP contribution is -2.41. The molecular formula is C18H17ClF3NO5S. The van der Waals surface area contributed by atoms with Crippen molar-refractivity contribution >= 4 is 21.6 Å². The molecule has 6 nitrogen and oxygen atoms in total. The molecule has 0 atom stereocenters. The first-order chi connectivity index (χ1) is 13.5. The summed E-state index contributed by atoms with van der Waals surface area (Å²) in [5.41, 5.74) is -1.75. The zero-order valence-corrected chi connectivity index (χ0v) is 16.8. The molecule has 3 rings (SSSR count). The smallest absolute Gasteiger partial charge is 0.417 e. The van der Waals surface area contributed by atoms with Crippen molar-refractivity contribution in [1.82, 2.24) is 4.31 Å². The summed E-state index contributed by atoms with van der Waals surface area (Å²) in [4.78, 5) is 10.9. The minimum atomic E-state index is -4.76. The Morgan fingerprint density at radius 1 is 1.17 bits per heavy atom. The Morgan fingerprint density at radius 3 is 2.41 bits per heavy atom. The van der Waals surface area contributed by atoms with Crippen LogP contribution in [0.2, 0.25) is 5.02 Å². The number of halogens is 4. The third kappa shape index (κ3) is 4.93. The van der Waals surface area contributed by atoms with Crippen molar-refractivity contribution in [3.05, 3.63) is 57.1 Å². The zero-order valence-electron chi connectivity index (χ0n) is 15.2. The van der Waals surface area contributed by atoms with Crippen LogP contribution in [0.3, 0.4) is 0 Å². The highest BCUT2D eigenvalue weighted by Gasteiger charge is 2.36. The number of hydrogen-bond donors (Lipinski definition) is 0. The predicted molar refractivity (Wildman–Crippen MR) is 98.6 cm³/mol. The van der Waals surface area contributed by atoms with Gasteiger partial charge in [0.25, 0.3) is 0 Å². The van der Waals surface area contributed by atoms with E-state index in [0.29, 0.717) is 30.4 Å². The highest BCUT2D eigenvalue weighted by molar-refractivity contribution is 7.89. The average molecular weight is 452 g/mol. The maximum Gasteiger partial charge on any atom is 0.417 e. The monoisotopic (exact) mass is 451 g/mol. The standard InChI is InChI=1S/C18H17ClF3NO5S/c1-11-8-13(9-17(24)27-11)28-12-4-6-23(7-5-12)29(25,26)14-2-3-16(19)15(10-14)18(20,21)22/h2-3,8-10,12H,4-7H2,1H3. The molecule has 0 unspecified atom stereocenters. The third-order valence-electron chi connectivity index (χ3n) is 4.45. The van der Waals surface area contributed by atoms with Gasteiger partial charge in [-0.3, -0.25) is 0 Å². The van der Waals surface area contributed by atoms with Gasteiger partial charge in [-0.1, -0.05) is 11.6 Å². The summed E-state index contributed by atoms with van der Waals surface area (Å²) in [5, 5.41) is -0.564. The Labute approximate surface area is 169 Å². The number of sulfonamides is 1. The number of aryl methyl sites for hydroxylation is 1. The number of benzene rings is 1. The van der Waals surface area contributed by atoms with Crippen LogP contribution in [0, 0.1) is 6.92 Å². The molecule has 1 aliphatic rings. The number of rotatable bonds is 4. The van der Waals surface area contributed by atoms with Gasteiger partial charge in [-0.2, -0.15) is 17.5 Å². The lowest BCUT2D eigenvalue weighted by Gasteiger charge is -2.31. The Balaban J connectivity index is 1.72. The molecular weight excluding hydrogens is 435 g/mol. The van der Waals surface area contributed by atoms with Gasteiger partial charge in [0.05, 0.1) is 21.5 Å². The van der Waals surface area contributed by atoms with Crippen LogP contribution in [-0.2, 0) is 16.2 Å². The molecule has 2 heterocycles. The molecule has 1 fully saturated rings. The minimum absolute atomic E-state index is 0.0669. The fraction of sp³-hybridized carbons (Fsp3) is 0.389. The minimum Gasteiger partial charge on any atom is -0.490 e. The summed E-state index contributed by atoms with van der Waals surface area (Å²) in [6, 6.07) is 5.28. The fourth-order valence-electron chi connectivity index (χ4n) is 3.06. The van der Waals surface area contributed by atoms with Crippen LogP contribution in [0.4, 0.5) is 13.2 Å². The van der Waals surface area contributed by atoms with E-state index in [1.807, 2.05) is 0 Å². The molecule has 0 saturated carbocycles. The van der Waals surface area contributed by atoms with E-state index in [9.17, 15) is 26.4 Å². The van der Waals surface area contributed by atoms with Gasteiger partial charge in [0.1, 0.15) is 17.6 Å². The van der Waals surface area contributed by atoms with Crippen LogP contribution in [0.15, 0.2) is 44.4 Å². The van der Waals surface area contributed by atoms with Crippen molar-refractivity contribution in [2.24, 2.45) is 0 Å². The molecule has 0 spiro atoms. The fourth-order valence-corrected chi connectivity index (χ4v) is 4.78. The Hall–Kier alpha value is -2.04. The van der Waals surface area contributed by atoms with Crippen molar-refractivity contribution in [1.29, 1.82) is 0 Å². The summed E-state index contributed by atoms with van der Waals surface area (Å²) in [7, 11) is -4.12. The summed E-state index contributed by atoms with van der Waals surface area (Å²) in [6.07, 6.45) is -4.46. The second-order valence-electron chi connectivity index (χ2n) is 6.58. The van der Waals surface area contributed by atoms with Gasteiger partial charge in [-0.05, 0) is 38.0 Å². The number of nitrogens with zero attached hydrogens (tertiary/aromatic N) is 1. The van der Waals surface area contributed by atoms with Gasteiger partial charge in [0.15, 0.2) is 0 Å². The normalized spacial score (nSPS) is 16.7. The summed E-state index contributed by atoms with van der Waals surface area (Å²) in [6.45, 7) is 1.74. The molecule has 1 aromatic heterocycles. The van der Waals surface area contributed by atoms with Gasteiger partial charge in [-0.25, -0.2) is 13.2 Å². The molecule has 158 valence electrons. The number of hydrogen-bond acceptors (Lipinski definition) is 5. The molecule has 2 aromatic rings. The molecule has 29 heavy (non-hydrogen) atoms. The van der Waals surface area contributed by atoms with Gasteiger partial charge < -0.3 is 9.15 Å². The molecule has 1 aromatic carbocycles. The van der Waals surface area contributed by atoms with E-state index in [-0.39, 0.29) is 19.2 Å². The highest BCUT2D eigenvalue weighted by Crippen LogP contribution is 2.36. The lowest BCUT2D eigenvalue weighted by atomic mass is 10.1. The first-order valence-corrected chi connectivity index (χ1v) is 10.4. The van der Waals surface area contributed by atoms with E-state index < -0.39 is 37.3 Å². The molecule has 0 bridgehead atoms. The van der Waals surface area contributed by atoms with Crippen LogP contribution in [0.25, 0.3) is 0 Å². The lowest BCUT2D eigenvalue weighted by molar-refractivity contribution is -0.137. The first kappa shape index (κ1) is 21.7. The van der Waals surface area contributed by atoms with Crippen molar-refractivity contribution in [2.45, 2.75) is 36.9 Å². The topological polar surface area (TPSA) is 76.8 Å². The van der Waals surface area contributed by atoms with Crippen LogP contribution in [0.5, 0.6) is 5.75 Å². The van der Waals surface area contributed by atoms with Crippen molar-refractivity contribution in [3.63, 3.8) is 0 Å². The number of alkyl halides is 3. The van der Waals surface area contributed by atoms with Crippen LogP contribution in [-0.4, -0.2) is 31.9 Å². The van der Waals surface area contributed by atoms with Crippen molar-refractivity contribution < 1.29 is 30.7 Å². The zero-order chi connectivity index (χ0) is 21.4.